The highest BCUT2D eigenvalue weighted by Gasteiger charge is 2.35. The van der Waals surface area contributed by atoms with Gasteiger partial charge in [0, 0.05) is 13.2 Å². The number of nitrogens with zero attached hydrogens (tertiary/aromatic N) is 2. The first kappa shape index (κ1) is 15.6. The van der Waals surface area contributed by atoms with E-state index >= 15 is 0 Å². The summed E-state index contributed by atoms with van der Waals surface area (Å²) in [6.45, 7) is 0.702. The van der Waals surface area contributed by atoms with Crippen LogP contribution in [-0.2, 0) is 12.6 Å². The molecule has 7 heteroatoms. The number of hydrogen-bond donors (Lipinski definition) is 2. The molecule has 0 aliphatic heterocycles. The van der Waals surface area contributed by atoms with Gasteiger partial charge in [0.1, 0.15) is 5.82 Å². The molecule has 0 fully saturated rings. The zero-order chi connectivity index (χ0) is 14.6. The van der Waals surface area contributed by atoms with Gasteiger partial charge in [0.15, 0.2) is 0 Å². The fourth-order valence-corrected chi connectivity index (χ4v) is 1.85. The zero-order valence-electron chi connectivity index (χ0n) is 11.3. The normalized spacial score (nSPS) is 11.9. The summed E-state index contributed by atoms with van der Waals surface area (Å²) < 4.78 is 38.8. The summed E-state index contributed by atoms with van der Waals surface area (Å²) in [6.07, 6.45) is -2.71. The first-order valence-corrected chi connectivity index (χ1v) is 5.94. The molecule has 0 unspecified atom stereocenters. The third kappa shape index (κ3) is 3.99. The molecular weight excluding hydrogens is 257 g/mol. The molecule has 0 atom stereocenters. The largest absolute Gasteiger partial charge is 0.418 e. The first-order valence-electron chi connectivity index (χ1n) is 5.94. The minimum atomic E-state index is -4.43. The second kappa shape index (κ2) is 6.10. The lowest BCUT2D eigenvalue weighted by Crippen LogP contribution is -2.17. The highest BCUT2D eigenvalue weighted by molar-refractivity contribution is 5.67. The molecule has 1 rings (SSSR count). The Morgan fingerprint density at radius 3 is 2.47 bits per heavy atom. The van der Waals surface area contributed by atoms with E-state index in [-0.39, 0.29) is 23.5 Å². The first-order chi connectivity index (χ1) is 8.77. The van der Waals surface area contributed by atoms with Crippen molar-refractivity contribution in [2.75, 3.05) is 38.7 Å². The molecule has 0 aromatic carbocycles. The van der Waals surface area contributed by atoms with Crippen molar-refractivity contribution in [1.82, 2.24) is 9.88 Å². The van der Waals surface area contributed by atoms with Gasteiger partial charge in [-0.2, -0.15) is 13.2 Å². The fraction of sp³-hybridized carbons (Fsp3) is 0.583. The second-order valence-corrected chi connectivity index (χ2v) is 4.57. The molecule has 1 aromatic heterocycles. The summed E-state index contributed by atoms with van der Waals surface area (Å²) in [5.74, 6) is 0.285. The number of nitrogens with two attached hydrogens (primary N) is 1. The second-order valence-electron chi connectivity index (χ2n) is 4.57. The Kier molecular flexibility index (Phi) is 4.99. The predicted molar refractivity (Wildman–Crippen MR) is 70.1 cm³/mol. The summed E-state index contributed by atoms with van der Waals surface area (Å²) in [5.41, 5.74) is 5.22. The molecule has 0 aliphatic rings. The average molecular weight is 276 g/mol. The maximum absolute atomic E-state index is 12.9. The number of pyridine rings is 1. The minimum absolute atomic E-state index is 0.0797. The fourth-order valence-electron chi connectivity index (χ4n) is 1.85. The zero-order valence-corrected chi connectivity index (χ0v) is 11.3. The summed E-state index contributed by atoms with van der Waals surface area (Å²) in [7, 11) is 5.33. The number of aromatic nitrogens is 1. The van der Waals surface area contributed by atoms with E-state index < -0.39 is 11.7 Å². The van der Waals surface area contributed by atoms with E-state index in [0.717, 1.165) is 6.20 Å². The number of anilines is 2. The van der Waals surface area contributed by atoms with Crippen LogP contribution in [0.15, 0.2) is 6.20 Å². The van der Waals surface area contributed by atoms with Crippen LogP contribution >= 0.6 is 0 Å². The maximum Gasteiger partial charge on any atom is 0.418 e. The minimum Gasteiger partial charge on any atom is -0.396 e. The van der Waals surface area contributed by atoms with Crippen molar-refractivity contribution < 1.29 is 13.2 Å². The van der Waals surface area contributed by atoms with Crippen molar-refractivity contribution in [3.05, 3.63) is 17.3 Å². The van der Waals surface area contributed by atoms with Crippen LogP contribution in [0.4, 0.5) is 24.7 Å². The van der Waals surface area contributed by atoms with Crippen molar-refractivity contribution in [2.45, 2.75) is 19.0 Å². The Morgan fingerprint density at radius 2 is 2.00 bits per heavy atom. The molecule has 1 heterocycles. The molecule has 0 saturated carbocycles. The lowest BCUT2D eigenvalue weighted by Gasteiger charge is -2.17. The van der Waals surface area contributed by atoms with Crippen LogP contribution in [0, 0.1) is 0 Å². The standard InChI is InChI=1S/C12H19F3N4/c1-17-11-10(16)8(5-4-6-19(2)3)9(7-18-11)12(13,14)15/h7H,4-6,16H2,1-3H3,(H,17,18). The van der Waals surface area contributed by atoms with Crippen LogP contribution in [0.5, 0.6) is 0 Å². The van der Waals surface area contributed by atoms with E-state index in [9.17, 15) is 13.2 Å². The maximum atomic E-state index is 12.9. The molecule has 108 valence electrons. The number of halogens is 3. The van der Waals surface area contributed by atoms with Gasteiger partial charge < -0.3 is 16.0 Å². The van der Waals surface area contributed by atoms with Crippen LogP contribution in [0.1, 0.15) is 17.5 Å². The van der Waals surface area contributed by atoms with Crippen LogP contribution in [0.25, 0.3) is 0 Å². The molecule has 0 amide bonds. The number of nitrogen functional groups attached to an aromatic ring is 1. The summed E-state index contributed by atoms with van der Waals surface area (Å²) in [4.78, 5) is 5.62. The Morgan fingerprint density at radius 1 is 1.37 bits per heavy atom. The number of alkyl halides is 3. The average Bonchev–Trinajstić information content (AvgIpc) is 2.29. The molecule has 0 aliphatic carbocycles. The Hall–Kier alpha value is -1.50. The predicted octanol–water partition coefficient (Wildman–Crippen LogP) is 2.22. The van der Waals surface area contributed by atoms with E-state index in [1.54, 1.807) is 7.05 Å². The van der Waals surface area contributed by atoms with Crippen molar-refractivity contribution >= 4 is 11.5 Å². The Balaban J connectivity index is 3.08. The monoisotopic (exact) mass is 276 g/mol. The number of rotatable bonds is 5. The molecular formula is C12H19F3N4. The lowest BCUT2D eigenvalue weighted by molar-refractivity contribution is -0.138. The third-order valence-corrected chi connectivity index (χ3v) is 2.80. The van der Waals surface area contributed by atoms with Crippen LogP contribution in [0.2, 0.25) is 0 Å². The molecule has 4 nitrogen and oxygen atoms in total. The molecule has 3 N–H and O–H groups in total. The molecule has 0 bridgehead atoms. The van der Waals surface area contributed by atoms with Crippen molar-refractivity contribution in [1.29, 1.82) is 0 Å². The van der Waals surface area contributed by atoms with Gasteiger partial charge in [-0.3, -0.25) is 0 Å². The molecule has 0 saturated heterocycles. The van der Waals surface area contributed by atoms with Gasteiger partial charge in [-0.25, -0.2) is 4.98 Å². The van der Waals surface area contributed by atoms with E-state index in [2.05, 4.69) is 10.3 Å². The van der Waals surface area contributed by atoms with E-state index in [4.69, 9.17) is 5.73 Å². The summed E-state index contributed by atoms with van der Waals surface area (Å²) in [6, 6.07) is 0. The van der Waals surface area contributed by atoms with Gasteiger partial charge in [0.2, 0.25) is 0 Å². The van der Waals surface area contributed by atoms with Gasteiger partial charge in [0.05, 0.1) is 11.3 Å². The topological polar surface area (TPSA) is 54.2 Å². The summed E-state index contributed by atoms with van der Waals surface area (Å²) in [5, 5.41) is 2.70. The van der Waals surface area contributed by atoms with E-state index in [1.807, 2.05) is 19.0 Å². The van der Waals surface area contributed by atoms with Gasteiger partial charge in [-0.1, -0.05) is 0 Å². The molecule has 1 aromatic rings. The number of hydrogen-bond acceptors (Lipinski definition) is 4. The van der Waals surface area contributed by atoms with Crippen molar-refractivity contribution in [3.63, 3.8) is 0 Å². The van der Waals surface area contributed by atoms with Crippen LogP contribution in [-0.4, -0.2) is 37.6 Å². The third-order valence-electron chi connectivity index (χ3n) is 2.80. The number of nitrogens with one attached hydrogen (secondary N) is 1. The van der Waals surface area contributed by atoms with E-state index in [1.165, 1.54) is 0 Å². The van der Waals surface area contributed by atoms with Crippen LogP contribution in [0.3, 0.4) is 0 Å². The highest BCUT2D eigenvalue weighted by atomic mass is 19.4. The molecule has 19 heavy (non-hydrogen) atoms. The van der Waals surface area contributed by atoms with E-state index in [0.29, 0.717) is 13.0 Å². The SMILES string of the molecule is CNc1ncc(C(F)(F)F)c(CCCN(C)C)c1N. The van der Waals surface area contributed by atoms with Gasteiger partial charge >= 0.3 is 6.18 Å². The molecule has 0 spiro atoms. The van der Waals surface area contributed by atoms with Gasteiger partial charge in [0.25, 0.3) is 0 Å². The van der Waals surface area contributed by atoms with Gasteiger partial charge in [-0.15, -0.1) is 0 Å². The highest BCUT2D eigenvalue weighted by Crippen LogP contribution is 2.36. The van der Waals surface area contributed by atoms with Crippen LogP contribution < -0.4 is 11.1 Å². The van der Waals surface area contributed by atoms with Crippen molar-refractivity contribution in [3.8, 4) is 0 Å². The van der Waals surface area contributed by atoms with Gasteiger partial charge in [-0.05, 0) is 39.0 Å². The Bertz CT molecular complexity index is 430. The molecule has 0 radical (unpaired) electrons. The smallest absolute Gasteiger partial charge is 0.396 e. The Labute approximate surface area is 110 Å². The summed E-state index contributed by atoms with van der Waals surface area (Å²) >= 11 is 0. The van der Waals surface area contributed by atoms with Crippen molar-refractivity contribution in [2.24, 2.45) is 0 Å². The lowest BCUT2D eigenvalue weighted by atomic mass is 10.0. The quantitative estimate of drug-likeness (QED) is 0.866.